The lowest BCUT2D eigenvalue weighted by molar-refractivity contribution is -0.122. The van der Waals surface area contributed by atoms with Crippen molar-refractivity contribution < 1.29 is 9.53 Å². The molecule has 0 spiro atoms. The van der Waals surface area contributed by atoms with Crippen molar-refractivity contribution in [2.45, 2.75) is 39.2 Å². The van der Waals surface area contributed by atoms with E-state index in [2.05, 4.69) is 35.1 Å². The average Bonchev–Trinajstić information content (AvgIpc) is 2.44. The molecule has 0 aliphatic rings. The Morgan fingerprint density at radius 2 is 2.05 bits per heavy atom. The number of halogens is 2. The van der Waals surface area contributed by atoms with Crippen molar-refractivity contribution in [2.24, 2.45) is 11.7 Å². The third-order valence-corrected chi connectivity index (χ3v) is 3.70. The number of carbonyl (C=O) groups excluding carboxylic acids is 1. The van der Waals surface area contributed by atoms with Gasteiger partial charge in [0.05, 0.1) is 11.1 Å². The van der Waals surface area contributed by atoms with Gasteiger partial charge >= 0.3 is 0 Å². The first-order valence-electron chi connectivity index (χ1n) is 7.39. The van der Waals surface area contributed by atoms with Crippen LogP contribution in [0.3, 0.4) is 0 Å². The number of amides is 1. The van der Waals surface area contributed by atoms with Crippen LogP contribution in [0.25, 0.3) is 0 Å². The van der Waals surface area contributed by atoms with Gasteiger partial charge in [-0.25, -0.2) is 0 Å². The van der Waals surface area contributed by atoms with Crippen molar-refractivity contribution in [3.05, 3.63) is 28.7 Å². The van der Waals surface area contributed by atoms with E-state index < -0.39 is 0 Å². The number of benzene rings is 1. The molecule has 0 saturated heterocycles. The molecule has 0 aliphatic heterocycles. The molecule has 1 rings (SSSR count). The monoisotopic (exact) mass is 392 g/mol. The van der Waals surface area contributed by atoms with Gasteiger partial charge in [-0.1, -0.05) is 26.0 Å². The van der Waals surface area contributed by atoms with Gasteiger partial charge < -0.3 is 15.8 Å². The molecule has 1 aromatic rings. The van der Waals surface area contributed by atoms with Crippen LogP contribution in [-0.4, -0.2) is 25.1 Å². The Morgan fingerprint density at radius 1 is 1.36 bits per heavy atom. The van der Waals surface area contributed by atoms with E-state index in [0.29, 0.717) is 31.9 Å². The Balaban J connectivity index is 0.00000441. The number of nitrogens with one attached hydrogen (secondary N) is 1. The second-order valence-corrected chi connectivity index (χ2v) is 6.37. The summed E-state index contributed by atoms with van der Waals surface area (Å²) in [5.41, 5.74) is 5.67. The van der Waals surface area contributed by atoms with Gasteiger partial charge in [-0.2, -0.15) is 0 Å². The Labute approximate surface area is 147 Å². The molecular weight excluding hydrogens is 368 g/mol. The summed E-state index contributed by atoms with van der Waals surface area (Å²) < 4.78 is 6.56. The van der Waals surface area contributed by atoms with E-state index in [0.717, 1.165) is 16.6 Å². The first-order chi connectivity index (χ1) is 10.0. The van der Waals surface area contributed by atoms with E-state index >= 15 is 0 Å². The van der Waals surface area contributed by atoms with Gasteiger partial charge in [0.2, 0.25) is 5.91 Å². The molecule has 3 N–H and O–H groups in total. The van der Waals surface area contributed by atoms with Crippen LogP contribution in [0.15, 0.2) is 28.7 Å². The summed E-state index contributed by atoms with van der Waals surface area (Å²) in [4.78, 5) is 11.8. The standard InChI is InChI=1S/C16H25BrN2O2.ClH/c1-12(2)10-13(11-18)19-16(20)8-5-9-21-15-7-4-3-6-14(15)17;/h3-4,6-7,12-13H,5,8-11,18H2,1-2H3,(H,19,20);1H. The van der Waals surface area contributed by atoms with Crippen LogP contribution in [0.1, 0.15) is 33.1 Å². The van der Waals surface area contributed by atoms with Crippen molar-refractivity contribution in [3.63, 3.8) is 0 Å². The smallest absolute Gasteiger partial charge is 0.220 e. The van der Waals surface area contributed by atoms with Crippen molar-refractivity contribution in [2.75, 3.05) is 13.2 Å². The highest BCUT2D eigenvalue weighted by atomic mass is 79.9. The molecule has 0 aromatic heterocycles. The van der Waals surface area contributed by atoms with Gasteiger partial charge in [0, 0.05) is 19.0 Å². The maximum absolute atomic E-state index is 11.8. The molecule has 1 amide bonds. The maximum atomic E-state index is 11.8. The molecule has 0 aliphatic carbocycles. The minimum Gasteiger partial charge on any atom is -0.492 e. The van der Waals surface area contributed by atoms with E-state index in [1.807, 2.05) is 24.3 Å². The SMILES string of the molecule is CC(C)CC(CN)NC(=O)CCCOc1ccccc1Br.Cl. The summed E-state index contributed by atoms with van der Waals surface area (Å²) in [7, 11) is 0. The fourth-order valence-corrected chi connectivity index (χ4v) is 2.46. The van der Waals surface area contributed by atoms with Crippen LogP contribution in [0.2, 0.25) is 0 Å². The molecular formula is C16H26BrClN2O2. The van der Waals surface area contributed by atoms with Gasteiger partial charge in [-0.05, 0) is 46.8 Å². The third-order valence-electron chi connectivity index (χ3n) is 3.05. The van der Waals surface area contributed by atoms with Crippen molar-refractivity contribution in [3.8, 4) is 5.75 Å². The molecule has 22 heavy (non-hydrogen) atoms. The summed E-state index contributed by atoms with van der Waals surface area (Å²) >= 11 is 3.42. The van der Waals surface area contributed by atoms with Crippen molar-refractivity contribution in [1.29, 1.82) is 0 Å². The Morgan fingerprint density at radius 3 is 2.64 bits per heavy atom. The Kier molecular flexibility index (Phi) is 11.3. The third kappa shape index (κ3) is 8.61. The number of carbonyl (C=O) groups is 1. The first-order valence-corrected chi connectivity index (χ1v) is 8.19. The molecule has 6 heteroatoms. The van der Waals surface area contributed by atoms with E-state index in [1.165, 1.54) is 0 Å². The fraction of sp³-hybridized carbons (Fsp3) is 0.562. The molecule has 0 heterocycles. The second-order valence-electron chi connectivity index (χ2n) is 5.51. The highest BCUT2D eigenvalue weighted by Crippen LogP contribution is 2.23. The number of rotatable bonds is 9. The highest BCUT2D eigenvalue weighted by molar-refractivity contribution is 9.10. The summed E-state index contributed by atoms with van der Waals surface area (Å²) in [5, 5.41) is 2.98. The molecule has 0 fully saturated rings. The van der Waals surface area contributed by atoms with E-state index in [9.17, 15) is 4.79 Å². The normalized spacial score (nSPS) is 11.7. The number of para-hydroxylation sites is 1. The lowest BCUT2D eigenvalue weighted by Gasteiger charge is -2.18. The molecule has 1 unspecified atom stereocenters. The predicted octanol–water partition coefficient (Wildman–Crippen LogP) is 3.52. The van der Waals surface area contributed by atoms with Gasteiger partial charge in [0.1, 0.15) is 5.75 Å². The van der Waals surface area contributed by atoms with Crippen LogP contribution >= 0.6 is 28.3 Å². The summed E-state index contributed by atoms with van der Waals surface area (Å²) in [5.74, 6) is 1.37. The predicted molar refractivity (Wildman–Crippen MR) is 96.6 cm³/mol. The molecule has 0 radical (unpaired) electrons. The minimum absolute atomic E-state index is 0. The van der Waals surface area contributed by atoms with Crippen molar-refractivity contribution >= 4 is 34.2 Å². The fourth-order valence-electron chi connectivity index (χ4n) is 2.06. The molecule has 0 saturated carbocycles. The number of hydrogen-bond acceptors (Lipinski definition) is 3. The van der Waals surface area contributed by atoms with Crippen LogP contribution in [0.4, 0.5) is 0 Å². The lowest BCUT2D eigenvalue weighted by Crippen LogP contribution is -2.41. The average molecular weight is 394 g/mol. The topological polar surface area (TPSA) is 64.3 Å². The first kappa shape index (κ1) is 21.2. The van der Waals surface area contributed by atoms with E-state index in [4.69, 9.17) is 10.5 Å². The van der Waals surface area contributed by atoms with Gasteiger partial charge in [-0.3, -0.25) is 4.79 Å². The zero-order valence-corrected chi connectivity index (χ0v) is 15.6. The number of nitrogens with two attached hydrogens (primary N) is 1. The number of hydrogen-bond donors (Lipinski definition) is 2. The molecule has 126 valence electrons. The molecule has 1 atom stereocenters. The van der Waals surface area contributed by atoms with Crippen LogP contribution < -0.4 is 15.8 Å². The molecule has 4 nitrogen and oxygen atoms in total. The Hall–Kier alpha value is -0.780. The van der Waals surface area contributed by atoms with Crippen LogP contribution in [-0.2, 0) is 4.79 Å². The Bertz CT molecular complexity index is 444. The molecule has 0 bridgehead atoms. The van der Waals surface area contributed by atoms with E-state index in [1.54, 1.807) is 0 Å². The van der Waals surface area contributed by atoms with Gasteiger partial charge in [0.15, 0.2) is 0 Å². The van der Waals surface area contributed by atoms with Crippen molar-refractivity contribution in [1.82, 2.24) is 5.32 Å². The lowest BCUT2D eigenvalue weighted by atomic mass is 10.0. The number of ether oxygens (including phenoxy) is 1. The molecule has 1 aromatic carbocycles. The summed E-state index contributed by atoms with van der Waals surface area (Å²) in [6.45, 7) is 5.26. The zero-order valence-electron chi connectivity index (χ0n) is 13.2. The maximum Gasteiger partial charge on any atom is 0.220 e. The zero-order chi connectivity index (χ0) is 15.7. The van der Waals surface area contributed by atoms with Gasteiger partial charge in [0.25, 0.3) is 0 Å². The van der Waals surface area contributed by atoms with Crippen LogP contribution in [0, 0.1) is 5.92 Å². The highest BCUT2D eigenvalue weighted by Gasteiger charge is 2.12. The van der Waals surface area contributed by atoms with Crippen LogP contribution in [0.5, 0.6) is 5.75 Å². The van der Waals surface area contributed by atoms with Gasteiger partial charge in [-0.15, -0.1) is 12.4 Å². The quantitative estimate of drug-likeness (QED) is 0.631. The second kappa shape index (κ2) is 11.7. The summed E-state index contributed by atoms with van der Waals surface area (Å²) in [6.07, 6.45) is 2.06. The summed E-state index contributed by atoms with van der Waals surface area (Å²) in [6, 6.07) is 7.76. The largest absolute Gasteiger partial charge is 0.492 e. The van der Waals surface area contributed by atoms with E-state index in [-0.39, 0.29) is 24.4 Å². The minimum atomic E-state index is 0.